The number of pyridine rings is 1. The van der Waals surface area contributed by atoms with E-state index in [9.17, 15) is 0 Å². The molecule has 0 saturated heterocycles. The average molecular weight is 252 g/mol. The normalized spacial score (nSPS) is 19.7. The molecule has 0 spiro atoms. The maximum absolute atomic E-state index is 8.67. The molecule has 0 unspecified atom stereocenters. The molecule has 1 aliphatic carbocycles. The molecule has 19 heavy (non-hydrogen) atoms. The molecular formula is C17H17NO. The predicted octanol–water partition coefficient (Wildman–Crippen LogP) is 5.03. The van der Waals surface area contributed by atoms with Gasteiger partial charge in [0.05, 0.1) is 0 Å². The van der Waals surface area contributed by atoms with Gasteiger partial charge in [-0.1, -0.05) is 37.5 Å². The zero-order valence-corrected chi connectivity index (χ0v) is 10.9. The maximum Gasteiger partial charge on any atom is 0.227 e. The molecule has 1 fully saturated rings. The van der Waals surface area contributed by atoms with Crippen LogP contribution in [0.1, 0.15) is 45.1 Å². The van der Waals surface area contributed by atoms with E-state index in [1.807, 2.05) is 24.3 Å². The summed E-state index contributed by atoms with van der Waals surface area (Å²) in [5, 5.41) is 2.15. The van der Waals surface area contributed by atoms with E-state index in [4.69, 9.17) is 5.79 Å². The molecule has 0 bridgehead atoms. The van der Waals surface area contributed by atoms with Crippen molar-refractivity contribution in [2.75, 3.05) is 0 Å². The molecule has 0 aliphatic heterocycles. The van der Waals surface area contributed by atoms with Crippen LogP contribution in [0, 0.1) is 0 Å². The van der Waals surface area contributed by atoms with Crippen LogP contribution >= 0.6 is 0 Å². The Balaban J connectivity index is 1.88. The second-order valence-electron chi connectivity index (χ2n) is 5.31. The first-order valence-corrected chi connectivity index (χ1v) is 7.05. The number of fused-ring (bicyclic) bond motifs is 3. The van der Waals surface area contributed by atoms with Gasteiger partial charge in [0, 0.05) is 23.7 Å². The van der Waals surface area contributed by atoms with Gasteiger partial charge in [0.1, 0.15) is 5.58 Å². The summed E-state index contributed by atoms with van der Waals surface area (Å²) < 4.78 is 14.5. The Labute approximate surface area is 113 Å². The van der Waals surface area contributed by atoms with Gasteiger partial charge in [-0.2, -0.15) is 0 Å². The summed E-state index contributed by atoms with van der Waals surface area (Å²) in [5.41, 5.74) is 2.40. The van der Waals surface area contributed by atoms with Crippen LogP contribution in [-0.2, 0) is 0 Å². The maximum atomic E-state index is 8.67. The van der Waals surface area contributed by atoms with Crippen LogP contribution in [-0.4, -0.2) is 4.98 Å². The summed E-state index contributed by atoms with van der Waals surface area (Å²) in [7, 11) is 0. The molecule has 1 saturated carbocycles. The number of benzene rings is 1. The zero-order valence-electron chi connectivity index (χ0n) is 11.9. The van der Waals surface area contributed by atoms with Crippen LogP contribution in [0.2, 0.25) is 0 Å². The van der Waals surface area contributed by atoms with E-state index < -0.39 is 5.89 Å². The number of aromatic nitrogens is 1. The molecule has 3 aromatic rings. The standard InChI is InChI=1S/C17H17NO/c1-2-6-12(7-3-1)15-11-10-14-13-8-4-5-9-16(13)19-17(14)18-15/h4-5,8-12H,1-3,6-7H2/i12D. The lowest BCUT2D eigenvalue weighted by Gasteiger charge is -2.20. The highest BCUT2D eigenvalue weighted by Gasteiger charge is 2.18. The van der Waals surface area contributed by atoms with Crippen molar-refractivity contribution in [2.45, 2.75) is 38.0 Å². The van der Waals surface area contributed by atoms with E-state index in [0.717, 1.165) is 47.7 Å². The fraction of sp³-hybridized carbons (Fsp3) is 0.353. The summed E-state index contributed by atoms with van der Waals surface area (Å²) in [6.45, 7) is 0. The van der Waals surface area contributed by atoms with Gasteiger partial charge >= 0.3 is 0 Å². The molecule has 1 aromatic carbocycles. The Hall–Kier alpha value is -1.83. The molecule has 96 valence electrons. The van der Waals surface area contributed by atoms with Crippen molar-refractivity contribution in [3.8, 4) is 0 Å². The van der Waals surface area contributed by atoms with Crippen molar-refractivity contribution in [2.24, 2.45) is 0 Å². The van der Waals surface area contributed by atoms with Gasteiger partial charge in [0.15, 0.2) is 0 Å². The second kappa shape index (κ2) is 4.37. The first-order valence-electron chi connectivity index (χ1n) is 7.55. The van der Waals surface area contributed by atoms with Gasteiger partial charge in [0.25, 0.3) is 0 Å². The van der Waals surface area contributed by atoms with Crippen molar-refractivity contribution >= 4 is 22.1 Å². The predicted molar refractivity (Wildman–Crippen MR) is 77.3 cm³/mol. The minimum atomic E-state index is -0.522. The molecule has 1 aliphatic rings. The summed E-state index contributed by atoms with van der Waals surface area (Å²) >= 11 is 0. The molecule has 2 heteroatoms. The van der Waals surface area contributed by atoms with Crippen molar-refractivity contribution in [3.63, 3.8) is 0 Å². The number of furan rings is 1. The number of rotatable bonds is 1. The molecular weight excluding hydrogens is 234 g/mol. The van der Waals surface area contributed by atoms with Gasteiger partial charge in [-0.15, -0.1) is 0 Å². The third-order valence-electron chi connectivity index (χ3n) is 4.06. The van der Waals surface area contributed by atoms with E-state index >= 15 is 0 Å². The molecule has 2 heterocycles. The quantitative estimate of drug-likeness (QED) is 0.607. The Bertz CT molecular complexity index is 771. The van der Waals surface area contributed by atoms with Crippen LogP contribution in [0.25, 0.3) is 22.1 Å². The molecule has 0 N–H and O–H groups in total. The smallest absolute Gasteiger partial charge is 0.227 e. The largest absolute Gasteiger partial charge is 0.438 e. The highest BCUT2D eigenvalue weighted by Crippen LogP contribution is 2.34. The third kappa shape index (κ3) is 1.83. The second-order valence-corrected chi connectivity index (χ2v) is 5.31. The van der Waals surface area contributed by atoms with Crippen LogP contribution in [0.15, 0.2) is 40.8 Å². The molecule has 0 amide bonds. The first kappa shape index (κ1) is 10.0. The summed E-state index contributed by atoms with van der Waals surface area (Å²) in [5.74, 6) is -0.522. The third-order valence-corrected chi connectivity index (χ3v) is 4.06. The van der Waals surface area contributed by atoms with Crippen molar-refractivity contribution in [3.05, 3.63) is 42.1 Å². The van der Waals surface area contributed by atoms with E-state index in [1.54, 1.807) is 0 Å². The number of hydrogen-bond donors (Lipinski definition) is 0. The van der Waals surface area contributed by atoms with E-state index in [1.165, 1.54) is 6.42 Å². The zero-order chi connectivity index (χ0) is 13.6. The van der Waals surface area contributed by atoms with E-state index in [-0.39, 0.29) is 0 Å². The van der Waals surface area contributed by atoms with E-state index in [0.29, 0.717) is 5.71 Å². The lowest BCUT2D eigenvalue weighted by molar-refractivity contribution is 0.436. The Kier molecular flexibility index (Phi) is 2.31. The highest BCUT2D eigenvalue weighted by atomic mass is 16.3. The molecule has 0 atom stereocenters. The number of para-hydroxylation sites is 1. The van der Waals surface area contributed by atoms with E-state index in [2.05, 4.69) is 17.1 Å². The van der Waals surface area contributed by atoms with Crippen LogP contribution in [0.3, 0.4) is 0 Å². The van der Waals surface area contributed by atoms with Gasteiger partial charge in [-0.05, 0) is 31.0 Å². The van der Waals surface area contributed by atoms with Gasteiger partial charge in [0.2, 0.25) is 5.71 Å². The van der Waals surface area contributed by atoms with Crippen LogP contribution in [0.5, 0.6) is 0 Å². The van der Waals surface area contributed by atoms with Crippen LogP contribution < -0.4 is 0 Å². The monoisotopic (exact) mass is 252 g/mol. The van der Waals surface area contributed by atoms with Gasteiger partial charge < -0.3 is 4.42 Å². The Morgan fingerprint density at radius 3 is 2.74 bits per heavy atom. The molecule has 2 aromatic heterocycles. The SMILES string of the molecule is [2H]C1(c2ccc3c(n2)oc2ccccc23)CCCCC1. The minimum absolute atomic E-state index is 0.522. The highest BCUT2D eigenvalue weighted by molar-refractivity contribution is 6.03. The number of nitrogens with zero attached hydrogens (tertiary/aromatic N) is 1. The molecule has 4 rings (SSSR count). The topological polar surface area (TPSA) is 26.0 Å². The van der Waals surface area contributed by atoms with Crippen molar-refractivity contribution < 1.29 is 5.79 Å². The average Bonchev–Trinajstić information content (AvgIpc) is 2.85. The van der Waals surface area contributed by atoms with Crippen molar-refractivity contribution in [1.29, 1.82) is 0 Å². The lowest BCUT2D eigenvalue weighted by atomic mass is 9.86. The van der Waals surface area contributed by atoms with Gasteiger partial charge in [-0.3, -0.25) is 0 Å². The fourth-order valence-electron chi connectivity index (χ4n) is 3.04. The van der Waals surface area contributed by atoms with Crippen LogP contribution in [0.4, 0.5) is 0 Å². The molecule has 0 radical (unpaired) electrons. The van der Waals surface area contributed by atoms with Gasteiger partial charge in [-0.25, -0.2) is 4.98 Å². The minimum Gasteiger partial charge on any atom is -0.438 e. The fourth-order valence-corrected chi connectivity index (χ4v) is 3.04. The van der Waals surface area contributed by atoms with Crippen molar-refractivity contribution in [1.82, 2.24) is 4.98 Å². The lowest BCUT2D eigenvalue weighted by Crippen LogP contribution is -2.06. The summed E-state index contributed by atoms with van der Waals surface area (Å²) in [6.07, 6.45) is 5.32. The number of hydrogen-bond acceptors (Lipinski definition) is 2. The first-order chi connectivity index (χ1) is 9.76. The summed E-state index contributed by atoms with van der Waals surface area (Å²) in [6, 6.07) is 12.1. The molecule has 2 nitrogen and oxygen atoms in total. The Morgan fingerprint density at radius 2 is 1.84 bits per heavy atom. The summed E-state index contributed by atoms with van der Waals surface area (Å²) in [4.78, 5) is 4.65. The Morgan fingerprint density at radius 1 is 1.00 bits per heavy atom.